The molecule has 2 aromatic rings. The first-order chi connectivity index (χ1) is 14.4. The van der Waals surface area contributed by atoms with Crippen molar-refractivity contribution in [3.63, 3.8) is 0 Å². The highest BCUT2D eigenvalue weighted by molar-refractivity contribution is 7.89. The Morgan fingerprint density at radius 2 is 1.97 bits per heavy atom. The van der Waals surface area contributed by atoms with E-state index in [2.05, 4.69) is 5.32 Å². The lowest BCUT2D eigenvalue weighted by Crippen LogP contribution is -2.46. The third kappa shape index (κ3) is 5.74. The normalized spacial score (nSPS) is 17.5. The average molecular weight is 451 g/mol. The fourth-order valence-corrected chi connectivity index (χ4v) is 5.52. The molecule has 1 atom stereocenters. The summed E-state index contributed by atoms with van der Waals surface area (Å²) in [5.74, 6) is 0.644. The molecule has 1 amide bonds. The maximum Gasteiger partial charge on any atom is 0.243 e. The van der Waals surface area contributed by atoms with Gasteiger partial charge in [0.1, 0.15) is 5.75 Å². The van der Waals surface area contributed by atoms with Crippen LogP contribution in [-0.2, 0) is 21.2 Å². The van der Waals surface area contributed by atoms with Gasteiger partial charge in [0.05, 0.1) is 12.0 Å². The van der Waals surface area contributed by atoms with Crippen molar-refractivity contribution >= 4 is 27.5 Å². The summed E-state index contributed by atoms with van der Waals surface area (Å²) >= 11 is 5.89. The quantitative estimate of drug-likeness (QED) is 0.666. The fourth-order valence-electron chi connectivity index (χ4n) is 3.70. The second-order valence-corrected chi connectivity index (χ2v) is 9.70. The van der Waals surface area contributed by atoms with E-state index in [4.69, 9.17) is 16.3 Å². The van der Waals surface area contributed by atoms with Gasteiger partial charge in [-0.1, -0.05) is 30.2 Å². The van der Waals surface area contributed by atoms with Crippen LogP contribution in [0.1, 0.15) is 31.2 Å². The van der Waals surface area contributed by atoms with E-state index in [0.717, 1.165) is 24.2 Å². The van der Waals surface area contributed by atoms with Gasteiger partial charge in [0, 0.05) is 30.6 Å². The topological polar surface area (TPSA) is 75.7 Å². The minimum atomic E-state index is -3.66. The Morgan fingerprint density at radius 1 is 1.20 bits per heavy atom. The number of rotatable bonds is 8. The molecule has 1 aliphatic heterocycles. The first kappa shape index (κ1) is 22.6. The predicted octanol–water partition coefficient (Wildman–Crippen LogP) is 3.64. The van der Waals surface area contributed by atoms with Gasteiger partial charge < -0.3 is 10.1 Å². The van der Waals surface area contributed by atoms with Crippen LogP contribution in [0.4, 0.5) is 0 Å². The summed E-state index contributed by atoms with van der Waals surface area (Å²) in [6.07, 6.45) is 3.22. The van der Waals surface area contributed by atoms with E-state index in [1.54, 1.807) is 19.2 Å². The third-order valence-corrected chi connectivity index (χ3v) is 7.50. The van der Waals surface area contributed by atoms with Crippen LogP contribution in [0.5, 0.6) is 5.75 Å². The number of benzene rings is 2. The van der Waals surface area contributed by atoms with Gasteiger partial charge in [-0.3, -0.25) is 4.79 Å². The molecule has 3 rings (SSSR count). The molecule has 6 nitrogen and oxygen atoms in total. The Bertz CT molecular complexity index is 963. The van der Waals surface area contributed by atoms with Gasteiger partial charge in [-0.2, -0.15) is 4.31 Å². The van der Waals surface area contributed by atoms with Crippen molar-refractivity contribution in [2.75, 3.05) is 20.2 Å². The standard InChI is InChI=1S/C22H27ClN2O4S/c1-29-20-7-4-5-17(15-20)12-13-24-22(26)16-19-6-2-3-14-25(19)30(27,28)21-10-8-18(23)9-11-21/h4-5,7-11,15,19H,2-3,6,12-14,16H2,1H3,(H,24,26)/t19-/m1/s1. The van der Waals surface area contributed by atoms with E-state index in [-0.39, 0.29) is 23.3 Å². The Balaban J connectivity index is 1.59. The summed E-state index contributed by atoms with van der Waals surface area (Å²) in [4.78, 5) is 12.7. The lowest BCUT2D eigenvalue weighted by molar-refractivity contribution is -0.122. The maximum absolute atomic E-state index is 13.1. The number of ether oxygens (including phenoxy) is 1. The average Bonchev–Trinajstić information content (AvgIpc) is 2.74. The molecule has 0 saturated carbocycles. The van der Waals surface area contributed by atoms with Gasteiger partial charge in [0.15, 0.2) is 0 Å². The highest BCUT2D eigenvalue weighted by atomic mass is 35.5. The minimum Gasteiger partial charge on any atom is -0.497 e. The van der Waals surface area contributed by atoms with Crippen molar-refractivity contribution in [3.8, 4) is 5.75 Å². The Hall–Kier alpha value is -2.09. The molecule has 0 unspecified atom stereocenters. The number of sulfonamides is 1. The number of piperidine rings is 1. The number of carbonyl (C=O) groups is 1. The van der Waals surface area contributed by atoms with Crippen LogP contribution in [0, 0.1) is 0 Å². The van der Waals surface area contributed by atoms with Crippen LogP contribution in [0.2, 0.25) is 5.02 Å². The molecule has 0 bridgehead atoms. The molecular formula is C22H27ClN2O4S. The van der Waals surface area contributed by atoms with Crippen LogP contribution < -0.4 is 10.1 Å². The third-order valence-electron chi connectivity index (χ3n) is 5.28. The molecule has 1 fully saturated rings. The van der Waals surface area contributed by atoms with Gasteiger partial charge in [-0.15, -0.1) is 0 Å². The zero-order valence-corrected chi connectivity index (χ0v) is 18.6. The highest BCUT2D eigenvalue weighted by Crippen LogP contribution is 2.27. The van der Waals surface area contributed by atoms with Gasteiger partial charge in [0.25, 0.3) is 0 Å². The fraction of sp³-hybridized carbons (Fsp3) is 0.409. The van der Waals surface area contributed by atoms with Crippen molar-refractivity contribution in [3.05, 3.63) is 59.1 Å². The summed E-state index contributed by atoms with van der Waals surface area (Å²) in [6.45, 7) is 0.912. The second kappa shape index (κ2) is 10.3. The molecule has 30 heavy (non-hydrogen) atoms. The van der Waals surface area contributed by atoms with Gasteiger partial charge in [-0.25, -0.2) is 8.42 Å². The second-order valence-electron chi connectivity index (χ2n) is 7.37. The van der Waals surface area contributed by atoms with Crippen LogP contribution in [0.15, 0.2) is 53.4 Å². The van der Waals surface area contributed by atoms with Crippen LogP contribution >= 0.6 is 11.6 Å². The summed E-state index contributed by atoms with van der Waals surface area (Å²) in [5, 5.41) is 3.40. The zero-order chi connectivity index (χ0) is 21.6. The molecular weight excluding hydrogens is 424 g/mol. The monoisotopic (exact) mass is 450 g/mol. The number of halogens is 1. The molecule has 2 aromatic carbocycles. The largest absolute Gasteiger partial charge is 0.497 e. The molecule has 1 N–H and O–H groups in total. The van der Waals surface area contributed by atoms with Crippen molar-refractivity contribution < 1.29 is 17.9 Å². The summed E-state index contributed by atoms with van der Waals surface area (Å²) < 4.78 is 32.9. The van der Waals surface area contributed by atoms with Crippen LogP contribution in [-0.4, -0.2) is 44.9 Å². The smallest absolute Gasteiger partial charge is 0.243 e. The zero-order valence-electron chi connectivity index (χ0n) is 17.0. The molecule has 1 saturated heterocycles. The van der Waals surface area contributed by atoms with Gasteiger partial charge in [-0.05, 0) is 61.2 Å². The molecule has 8 heteroatoms. The van der Waals surface area contributed by atoms with E-state index in [0.29, 0.717) is 31.0 Å². The Morgan fingerprint density at radius 3 is 2.70 bits per heavy atom. The number of hydrogen-bond donors (Lipinski definition) is 1. The van der Waals surface area contributed by atoms with Crippen molar-refractivity contribution in [1.82, 2.24) is 9.62 Å². The lowest BCUT2D eigenvalue weighted by Gasteiger charge is -2.34. The van der Waals surface area contributed by atoms with E-state index in [9.17, 15) is 13.2 Å². The maximum atomic E-state index is 13.1. The minimum absolute atomic E-state index is 0.138. The summed E-state index contributed by atoms with van der Waals surface area (Å²) in [6, 6.07) is 13.5. The number of nitrogens with zero attached hydrogens (tertiary/aromatic N) is 1. The SMILES string of the molecule is COc1cccc(CCNC(=O)C[C@H]2CCCCN2S(=O)(=O)c2ccc(Cl)cc2)c1. The Labute approximate surface area is 183 Å². The van der Waals surface area contributed by atoms with Crippen LogP contribution in [0.3, 0.4) is 0 Å². The number of nitrogens with one attached hydrogen (secondary N) is 1. The molecule has 1 heterocycles. The van der Waals surface area contributed by atoms with Crippen molar-refractivity contribution in [2.45, 2.75) is 43.0 Å². The van der Waals surface area contributed by atoms with Gasteiger partial charge in [0.2, 0.25) is 15.9 Å². The lowest BCUT2D eigenvalue weighted by atomic mass is 10.0. The number of hydrogen-bond acceptors (Lipinski definition) is 4. The first-order valence-electron chi connectivity index (χ1n) is 10.1. The number of amides is 1. The molecule has 0 spiro atoms. The molecule has 0 aliphatic carbocycles. The van der Waals surface area contributed by atoms with Crippen molar-refractivity contribution in [2.24, 2.45) is 0 Å². The molecule has 0 radical (unpaired) electrons. The Kier molecular flexibility index (Phi) is 7.75. The summed E-state index contributed by atoms with van der Waals surface area (Å²) in [7, 11) is -2.04. The van der Waals surface area contributed by atoms with E-state index in [1.807, 2.05) is 24.3 Å². The molecule has 0 aromatic heterocycles. The molecule has 162 valence electrons. The van der Waals surface area contributed by atoms with E-state index < -0.39 is 10.0 Å². The number of methoxy groups -OCH3 is 1. The highest BCUT2D eigenvalue weighted by Gasteiger charge is 2.34. The van der Waals surface area contributed by atoms with E-state index in [1.165, 1.54) is 16.4 Å². The predicted molar refractivity (Wildman–Crippen MR) is 117 cm³/mol. The number of carbonyl (C=O) groups excluding carboxylic acids is 1. The molecule has 1 aliphatic rings. The van der Waals surface area contributed by atoms with E-state index >= 15 is 0 Å². The first-order valence-corrected chi connectivity index (χ1v) is 11.9. The van der Waals surface area contributed by atoms with Crippen LogP contribution in [0.25, 0.3) is 0 Å². The summed E-state index contributed by atoms with van der Waals surface area (Å²) in [5.41, 5.74) is 1.07. The van der Waals surface area contributed by atoms with Crippen molar-refractivity contribution in [1.29, 1.82) is 0 Å². The van der Waals surface area contributed by atoms with Gasteiger partial charge >= 0.3 is 0 Å².